The first-order valence-electron chi connectivity index (χ1n) is 15.3. The Morgan fingerprint density at radius 1 is 0.833 bits per heavy atom. The van der Waals surface area contributed by atoms with E-state index in [0.29, 0.717) is 28.5 Å². The van der Waals surface area contributed by atoms with E-state index in [1.165, 1.54) is 60.1 Å². The van der Waals surface area contributed by atoms with E-state index in [2.05, 4.69) is 35.9 Å². The first kappa shape index (κ1) is 36.3. The normalized spacial score (nSPS) is 12.5. The maximum absolute atomic E-state index is 14.2. The van der Waals surface area contributed by atoms with Crippen molar-refractivity contribution < 1.29 is 25.3 Å². The SMILES string of the molecule is N=C(N=NN)c1c(-c2ccsc2Cc2ccc(S(=O)(=O)n3cc(-c4cccc(S(N)(=O)=O)c4-c4nn[nH]n4)c4cccnc43)cc2)cccc1S(N)(=O)=O. The van der Waals surface area contributed by atoms with Crippen LogP contribution in [0.3, 0.4) is 0 Å². The second-order valence-corrected chi connectivity index (χ2v) is 17.4. The van der Waals surface area contributed by atoms with Crippen molar-refractivity contribution in [2.75, 3.05) is 0 Å². The highest BCUT2D eigenvalue weighted by Gasteiger charge is 2.28. The number of pyridine rings is 1. The Hall–Kier alpha value is -6.04. The fourth-order valence-corrected chi connectivity index (χ4v) is 9.82. The van der Waals surface area contributed by atoms with Crippen molar-refractivity contribution in [1.29, 1.82) is 5.41 Å². The molecule has 0 radical (unpaired) electrons. The van der Waals surface area contributed by atoms with Gasteiger partial charge in [-0.05, 0) is 75.3 Å². The largest absolute Gasteiger partial charge is 0.305 e. The Balaban J connectivity index is 1.27. The van der Waals surface area contributed by atoms with Crippen LogP contribution >= 0.6 is 11.3 Å². The zero-order chi connectivity index (χ0) is 38.4. The van der Waals surface area contributed by atoms with E-state index in [0.717, 1.165) is 14.4 Å². The summed E-state index contributed by atoms with van der Waals surface area (Å²) in [5.74, 6) is 4.60. The maximum Gasteiger partial charge on any atom is 0.269 e. The van der Waals surface area contributed by atoms with Crippen LogP contribution in [-0.2, 0) is 36.5 Å². The lowest BCUT2D eigenvalue weighted by molar-refractivity contribution is 0.588. The lowest BCUT2D eigenvalue weighted by Crippen LogP contribution is -2.17. The van der Waals surface area contributed by atoms with Gasteiger partial charge in [0.05, 0.1) is 20.2 Å². The summed E-state index contributed by atoms with van der Waals surface area (Å²) in [5.41, 5.74) is 2.33. The number of thiophene rings is 1. The van der Waals surface area contributed by atoms with Crippen molar-refractivity contribution in [1.82, 2.24) is 29.6 Å². The highest BCUT2D eigenvalue weighted by Crippen LogP contribution is 2.40. The molecule has 0 spiro atoms. The number of fused-ring (bicyclic) bond motifs is 1. The third-order valence-corrected chi connectivity index (χ3v) is 12.8. The Morgan fingerprint density at radius 2 is 1.54 bits per heavy atom. The Labute approximate surface area is 311 Å². The molecule has 54 heavy (non-hydrogen) atoms. The lowest BCUT2D eigenvalue weighted by atomic mass is 9.97. The molecule has 0 unspecified atom stereocenters. The van der Waals surface area contributed by atoms with Crippen LogP contribution in [0.5, 0.6) is 0 Å². The molecule has 4 heterocycles. The Kier molecular flexibility index (Phi) is 9.24. The fraction of sp³-hybridized carbons (Fsp3) is 0.0312. The van der Waals surface area contributed by atoms with Crippen LogP contribution in [0.2, 0.25) is 0 Å². The van der Waals surface area contributed by atoms with Crippen molar-refractivity contribution in [2.45, 2.75) is 21.1 Å². The molecule has 0 aliphatic rings. The zero-order valence-corrected chi connectivity index (χ0v) is 30.7. The highest BCUT2D eigenvalue weighted by molar-refractivity contribution is 7.90. The molecule has 0 atom stereocenters. The topological polar surface area (TPSA) is 301 Å². The summed E-state index contributed by atoms with van der Waals surface area (Å²) in [5, 5.41) is 42.0. The second-order valence-electron chi connectivity index (χ2n) is 11.5. The molecule has 4 aromatic heterocycles. The van der Waals surface area contributed by atoms with E-state index in [-0.39, 0.29) is 42.8 Å². The van der Waals surface area contributed by atoms with Gasteiger partial charge in [0, 0.05) is 40.2 Å². The molecule has 0 fully saturated rings. The third kappa shape index (κ3) is 6.56. The van der Waals surface area contributed by atoms with Crippen molar-refractivity contribution >= 4 is 58.3 Å². The number of nitrogens with zero attached hydrogens (tertiary/aromatic N) is 7. The minimum atomic E-state index is -4.29. The molecule has 0 aliphatic carbocycles. The molecular formula is C32H26N12O6S4. The van der Waals surface area contributed by atoms with Gasteiger partial charge in [0.2, 0.25) is 25.9 Å². The minimum Gasteiger partial charge on any atom is -0.305 e. The van der Waals surface area contributed by atoms with Gasteiger partial charge in [0.25, 0.3) is 10.0 Å². The summed E-state index contributed by atoms with van der Waals surface area (Å²) in [6.45, 7) is 0. The summed E-state index contributed by atoms with van der Waals surface area (Å²) in [6, 6.07) is 20.0. The van der Waals surface area contributed by atoms with Gasteiger partial charge >= 0.3 is 0 Å². The molecule has 274 valence electrons. The summed E-state index contributed by atoms with van der Waals surface area (Å²) in [4.78, 5) is 4.47. The fourth-order valence-electron chi connectivity index (χ4n) is 6.06. The number of primary sulfonamides is 2. The molecular weight excluding hydrogens is 777 g/mol. The number of benzene rings is 3. The van der Waals surface area contributed by atoms with E-state index in [9.17, 15) is 25.3 Å². The Bertz CT molecular complexity index is 2960. The number of nitrogens with two attached hydrogens (primary N) is 3. The van der Waals surface area contributed by atoms with Crippen LogP contribution in [0.25, 0.3) is 44.7 Å². The number of rotatable bonds is 10. The molecule has 0 aliphatic heterocycles. The van der Waals surface area contributed by atoms with Crippen LogP contribution in [0.4, 0.5) is 0 Å². The second kappa shape index (κ2) is 13.7. The average Bonchev–Trinajstić information content (AvgIpc) is 3.92. The molecule has 0 amide bonds. The summed E-state index contributed by atoms with van der Waals surface area (Å²) in [6.07, 6.45) is 3.10. The van der Waals surface area contributed by atoms with Gasteiger partial charge in [-0.3, -0.25) is 5.41 Å². The highest BCUT2D eigenvalue weighted by atomic mass is 32.2. The molecule has 3 aromatic carbocycles. The first-order chi connectivity index (χ1) is 25.7. The van der Waals surface area contributed by atoms with Crippen LogP contribution < -0.4 is 16.1 Å². The molecule has 0 bridgehead atoms. The van der Waals surface area contributed by atoms with Gasteiger partial charge < -0.3 is 5.84 Å². The van der Waals surface area contributed by atoms with E-state index in [4.69, 9.17) is 21.5 Å². The predicted octanol–water partition coefficient (Wildman–Crippen LogP) is 3.39. The number of hydrogen-bond donors (Lipinski definition) is 5. The summed E-state index contributed by atoms with van der Waals surface area (Å²) in [7, 11) is -12.8. The molecule has 18 nitrogen and oxygen atoms in total. The first-order valence-corrected chi connectivity index (χ1v) is 20.7. The molecule has 7 rings (SSSR count). The number of sulfonamides is 2. The van der Waals surface area contributed by atoms with E-state index < -0.39 is 35.9 Å². The number of H-pyrrole nitrogens is 1. The van der Waals surface area contributed by atoms with Crippen LogP contribution in [0.15, 0.2) is 122 Å². The maximum atomic E-state index is 14.2. The minimum absolute atomic E-state index is 0.0236. The average molecular weight is 803 g/mol. The summed E-state index contributed by atoms with van der Waals surface area (Å²) < 4.78 is 79.6. The van der Waals surface area contributed by atoms with Crippen LogP contribution in [-0.4, -0.2) is 60.7 Å². The monoisotopic (exact) mass is 802 g/mol. The molecule has 0 saturated carbocycles. The van der Waals surface area contributed by atoms with Crippen molar-refractivity contribution in [2.24, 2.45) is 26.5 Å². The van der Waals surface area contributed by atoms with E-state index >= 15 is 0 Å². The number of nitrogens with one attached hydrogen (secondary N) is 2. The Morgan fingerprint density at radius 3 is 2.20 bits per heavy atom. The molecule has 8 N–H and O–H groups in total. The lowest BCUT2D eigenvalue weighted by Gasteiger charge is -2.13. The number of amidine groups is 1. The number of aromatic nitrogens is 6. The van der Waals surface area contributed by atoms with Crippen molar-refractivity contribution in [3.05, 3.63) is 113 Å². The van der Waals surface area contributed by atoms with Crippen LogP contribution in [0.1, 0.15) is 16.0 Å². The van der Waals surface area contributed by atoms with Gasteiger partial charge in [0.15, 0.2) is 11.5 Å². The molecule has 7 aromatic rings. The summed E-state index contributed by atoms with van der Waals surface area (Å²) >= 11 is 1.38. The van der Waals surface area contributed by atoms with Gasteiger partial charge in [-0.1, -0.05) is 41.6 Å². The van der Waals surface area contributed by atoms with Crippen molar-refractivity contribution in [3.63, 3.8) is 0 Å². The molecule has 0 saturated heterocycles. The zero-order valence-electron chi connectivity index (χ0n) is 27.4. The van der Waals surface area contributed by atoms with Crippen LogP contribution in [0, 0.1) is 5.41 Å². The van der Waals surface area contributed by atoms with Crippen molar-refractivity contribution in [3.8, 4) is 33.6 Å². The number of aromatic amines is 1. The van der Waals surface area contributed by atoms with Gasteiger partial charge in [-0.15, -0.1) is 26.6 Å². The standard InChI is InChI=1S/C32H26N12O6S4/c33-30(38-41-34)28-21(4-1-7-26(28)52(35,45)46)20-13-15-51-25(20)16-18-9-11-19(12-10-18)54(49,50)44-17-24(23-6-3-14-37-32(23)44)22-5-2-8-27(53(36,47)48)29(22)31-39-42-43-40-31/h1-15,17H,16H2,(H3,33,34,38)(H2,35,45,46)(H2,36,47,48)(H,39,40,42,43). The predicted molar refractivity (Wildman–Crippen MR) is 199 cm³/mol. The number of tetrazole rings is 1. The van der Waals surface area contributed by atoms with Gasteiger partial charge in [0.1, 0.15) is 0 Å². The molecule has 22 heteroatoms. The van der Waals surface area contributed by atoms with Gasteiger partial charge in [-0.25, -0.2) is 44.5 Å². The smallest absolute Gasteiger partial charge is 0.269 e. The number of hydrogen-bond acceptors (Lipinski definition) is 13. The van der Waals surface area contributed by atoms with Gasteiger partial charge in [-0.2, -0.15) is 5.21 Å². The quantitative estimate of drug-likeness (QED) is 0.0439. The third-order valence-electron chi connectivity index (χ3n) is 8.33. The van der Waals surface area contributed by atoms with E-state index in [1.54, 1.807) is 47.8 Å². The van der Waals surface area contributed by atoms with E-state index in [1.807, 2.05) is 0 Å².